The van der Waals surface area contributed by atoms with Crippen LogP contribution in [-0.4, -0.2) is 35.7 Å². The van der Waals surface area contributed by atoms with Crippen molar-refractivity contribution >= 4 is 17.2 Å². The number of morpholine rings is 1. The van der Waals surface area contributed by atoms with Gasteiger partial charge in [0.15, 0.2) is 0 Å². The molecule has 1 fully saturated rings. The lowest BCUT2D eigenvalue weighted by Gasteiger charge is -2.28. The molecule has 0 aliphatic carbocycles. The molecule has 1 aliphatic heterocycles. The van der Waals surface area contributed by atoms with Crippen LogP contribution in [0.2, 0.25) is 0 Å². The van der Waals surface area contributed by atoms with E-state index in [1.807, 2.05) is 19.9 Å². The summed E-state index contributed by atoms with van der Waals surface area (Å²) in [5.74, 6) is 0.420. The third-order valence-corrected chi connectivity index (χ3v) is 4.95. The predicted octanol–water partition coefficient (Wildman–Crippen LogP) is 2.90. The molecule has 0 bridgehead atoms. The van der Waals surface area contributed by atoms with E-state index in [0.29, 0.717) is 31.2 Å². The number of rotatable bonds is 4. The van der Waals surface area contributed by atoms with Crippen LogP contribution in [0, 0.1) is 19.7 Å². The minimum Gasteiger partial charge on any atom is -0.381 e. The van der Waals surface area contributed by atoms with E-state index in [-0.39, 0.29) is 11.4 Å². The fraction of sp³-hybridized carbons (Fsp3) is 0.333. The highest BCUT2D eigenvalue weighted by Crippen LogP contribution is 2.20. The first kappa shape index (κ1) is 18.4. The Morgan fingerprint density at radius 3 is 2.71 bits per heavy atom. The summed E-state index contributed by atoms with van der Waals surface area (Å²) in [7, 11) is 0. The minimum absolute atomic E-state index is 0.102. The molecule has 1 aliphatic rings. The number of halogens is 1. The molecular weight excluding hydrogens is 359 g/mol. The van der Waals surface area contributed by atoms with Gasteiger partial charge in [-0.05, 0) is 49.2 Å². The number of aryl methyl sites for hydroxylation is 2. The third-order valence-electron chi connectivity index (χ3n) is 4.95. The standard InChI is InChI=1S/C21H23FN4O2/c1-14-9-16(12-23-18-4-3-17(22)10-15(18)2)21-24-19(11-20(27)26(21)13-14)25-5-7-28-8-6-25/h3-4,9-11,13,23H,5-8,12H2,1-2H3. The van der Waals surface area contributed by atoms with Crippen molar-refractivity contribution in [2.75, 3.05) is 36.5 Å². The predicted molar refractivity (Wildman–Crippen MR) is 108 cm³/mol. The Kier molecular flexibility index (Phi) is 5.00. The molecule has 0 spiro atoms. The van der Waals surface area contributed by atoms with Crippen LogP contribution in [0.4, 0.5) is 15.9 Å². The van der Waals surface area contributed by atoms with Crippen LogP contribution < -0.4 is 15.8 Å². The van der Waals surface area contributed by atoms with Crippen LogP contribution in [0.25, 0.3) is 5.65 Å². The fourth-order valence-corrected chi connectivity index (χ4v) is 3.51. The second-order valence-corrected chi connectivity index (χ2v) is 7.10. The molecule has 3 heterocycles. The fourth-order valence-electron chi connectivity index (χ4n) is 3.51. The van der Waals surface area contributed by atoms with E-state index < -0.39 is 0 Å². The number of benzene rings is 1. The molecule has 1 aromatic carbocycles. The molecule has 146 valence electrons. The van der Waals surface area contributed by atoms with Crippen molar-refractivity contribution in [3.63, 3.8) is 0 Å². The monoisotopic (exact) mass is 382 g/mol. The van der Waals surface area contributed by atoms with Crippen LogP contribution >= 0.6 is 0 Å². The number of hydrogen-bond donors (Lipinski definition) is 1. The molecule has 1 saturated heterocycles. The van der Waals surface area contributed by atoms with E-state index in [4.69, 9.17) is 9.72 Å². The normalized spacial score (nSPS) is 14.5. The minimum atomic E-state index is -0.257. The van der Waals surface area contributed by atoms with Gasteiger partial charge in [0.05, 0.1) is 13.2 Å². The molecule has 1 N–H and O–H groups in total. The number of ether oxygens (including phenoxy) is 1. The van der Waals surface area contributed by atoms with E-state index in [0.717, 1.165) is 35.5 Å². The lowest BCUT2D eigenvalue weighted by molar-refractivity contribution is 0.122. The maximum Gasteiger partial charge on any atom is 0.259 e. The molecule has 0 unspecified atom stereocenters. The molecule has 6 nitrogen and oxygen atoms in total. The van der Waals surface area contributed by atoms with Crippen molar-refractivity contribution in [3.05, 3.63) is 69.4 Å². The van der Waals surface area contributed by atoms with Gasteiger partial charge in [-0.1, -0.05) is 0 Å². The van der Waals surface area contributed by atoms with Crippen molar-refractivity contribution in [2.24, 2.45) is 0 Å². The molecule has 0 radical (unpaired) electrons. The molecular formula is C21H23FN4O2. The number of hydrogen-bond acceptors (Lipinski definition) is 5. The number of fused-ring (bicyclic) bond motifs is 1. The summed E-state index contributed by atoms with van der Waals surface area (Å²) in [6.07, 6.45) is 1.81. The van der Waals surface area contributed by atoms with Crippen LogP contribution in [-0.2, 0) is 11.3 Å². The lowest BCUT2D eigenvalue weighted by Crippen LogP contribution is -2.37. The Hall–Kier alpha value is -2.93. The SMILES string of the molecule is Cc1cc(CNc2ccc(F)cc2C)c2nc(N3CCOCC3)cc(=O)n2c1. The summed E-state index contributed by atoms with van der Waals surface area (Å²) in [5.41, 5.74) is 4.10. The number of anilines is 2. The zero-order chi connectivity index (χ0) is 19.7. The summed E-state index contributed by atoms with van der Waals surface area (Å²) in [6.45, 7) is 7.00. The number of nitrogens with zero attached hydrogens (tertiary/aromatic N) is 3. The lowest BCUT2D eigenvalue weighted by atomic mass is 10.1. The van der Waals surface area contributed by atoms with Crippen LogP contribution in [0.15, 0.2) is 41.3 Å². The van der Waals surface area contributed by atoms with Gasteiger partial charge in [0.2, 0.25) is 0 Å². The summed E-state index contributed by atoms with van der Waals surface area (Å²) >= 11 is 0. The molecule has 28 heavy (non-hydrogen) atoms. The van der Waals surface area contributed by atoms with Crippen molar-refractivity contribution in [1.29, 1.82) is 0 Å². The maximum absolute atomic E-state index is 13.3. The maximum atomic E-state index is 13.3. The Morgan fingerprint density at radius 1 is 1.18 bits per heavy atom. The summed E-state index contributed by atoms with van der Waals surface area (Å²) in [6, 6.07) is 8.26. The second kappa shape index (κ2) is 7.59. The number of pyridine rings is 1. The van der Waals surface area contributed by atoms with Gasteiger partial charge in [0.1, 0.15) is 17.3 Å². The molecule has 4 rings (SSSR count). The quantitative estimate of drug-likeness (QED) is 0.752. The van der Waals surface area contributed by atoms with E-state index in [2.05, 4.69) is 10.2 Å². The van der Waals surface area contributed by atoms with Gasteiger partial charge in [0.25, 0.3) is 5.56 Å². The van der Waals surface area contributed by atoms with Crippen molar-refractivity contribution < 1.29 is 9.13 Å². The van der Waals surface area contributed by atoms with Crippen molar-refractivity contribution in [3.8, 4) is 0 Å². The highest BCUT2D eigenvalue weighted by Gasteiger charge is 2.16. The Balaban J connectivity index is 1.71. The Morgan fingerprint density at radius 2 is 1.96 bits per heavy atom. The molecule has 0 amide bonds. The van der Waals surface area contributed by atoms with Crippen LogP contribution in [0.3, 0.4) is 0 Å². The average molecular weight is 382 g/mol. The van der Waals surface area contributed by atoms with E-state index in [1.54, 1.807) is 22.7 Å². The Bertz CT molecular complexity index is 1070. The summed E-state index contributed by atoms with van der Waals surface area (Å²) < 4.78 is 20.3. The highest BCUT2D eigenvalue weighted by atomic mass is 19.1. The van der Waals surface area contributed by atoms with Gasteiger partial charge in [-0.15, -0.1) is 0 Å². The molecule has 3 aromatic rings. The second-order valence-electron chi connectivity index (χ2n) is 7.10. The zero-order valence-corrected chi connectivity index (χ0v) is 16.0. The average Bonchev–Trinajstić information content (AvgIpc) is 2.68. The summed E-state index contributed by atoms with van der Waals surface area (Å²) in [5, 5.41) is 3.34. The topological polar surface area (TPSA) is 58.9 Å². The van der Waals surface area contributed by atoms with Gasteiger partial charge < -0.3 is 15.0 Å². The van der Waals surface area contributed by atoms with E-state index in [1.165, 1.54) is 12.1 Å². The van der Waals surface area contributed by atoms with Gasteiger partial charge in [-0.25, -0.2) is 9.37 Å². The van der Waals surface area contributed by atoms with Crippen molar-refractivity contribution in [1.82, 2.24) is 9.38 Å². The molecule has 0 saturated carbocycles. The summed E-state index contributed by atoms with van der Waals surface area (Å²) in [4.78, 5) is 19.6. The third kappa shape index (κ3) is 3.71. The van der Waals surface area contributed by atoms with Gasteiger partial charge >= 0.3 is 0 Å². The van der Waals surface area contributed by atoms with Gasteiger partial charge in [-0.3, -0.25) is 9.20 Å². The van der Waals surface area contributed by atoms with E-state index in [9.17, 15) is 9.18 Å². The highest BCUT2D eigenvalue weighted by molar-refractivity contribution is 5.57. The molecule has 2 aromatic heterocycles. The first-order valence-electron chi connectivity index (χ1n) is 9.37. The van der Waals surface area contributed by atoms with Crippen molar-refractivity contribution in [2.45, 2.75) is 20.4 Å². The first-order valence-corrected chi connectivity index (χ1v) is 9.37. The molecule has 7 heteroatoms. The van der Waals surface area contributed by atoms with E-state index >= 15 is 0 Å². The van der Waals surface area contributed by atoms with Gasteiger partial charge in [0, 0.05) is 43.1 Å². The molecule has 0 atom stereocenters. The largest absolute Gasteiger partial charge is 0.381 e. The van der Waals surface area contributed by atoms with Crippen LogP contribution in [0.5, 0.6) is 0 Å². The number of nitrogens with one attached hydrogen (secondary N) is 1. The van der Waals surface area contributed by atoms with Crippen LogP contribution in [0.1, 0.15) is 16.7 Å². The number of aromatic nitrogens is 2. The zero-order valence-electron chi connectivity index (χ0n) is 16.0. The Labute approximate surface area is 162 Å². The van der Waals surface area contributed by atoms with Gasteiger partial charge in [-0.2, -0.15) is 0 Å². The smallest absolute Gasteiger partial charge is 0.259 e. The first-order chi connectivity index (χ1) is 13.5.